The quantitative estimate of drug-likeness (QED) is 0.528. The molecule has 1 atom stereocenters. The monoisotopic (exact) mass is 318 g/mol. The summed E-state index contributed by atoms with van der Waals surface area (Å²) in [4.78, 5) is 0. The summed E-state index contributed by atoms with van der Waals surface area (Å²) in [7, 11) is 0. The average molecular weight is 318 g/mol. The third-order valence-electron chi connectivity index (χ3n) is 3.76. The Morgan fingerprint density at radius 1 is 1.26 bits per heavy atom. The molecule has 126 valence electrons. The molecular formula is C19H26O4. The van der Waals surface area contributed by atoms with Gasteiger partial charge in [0.2, 0.25) is 0 Å². The number of allylic oxidation sites excluding steroid dienone is 1. The smallest absolute Gasteiger partial charge is 0.122 e. The van der Waals surface area contributed by atoms with Gasteiger partial charge in [-0.25, -0.2) is 0 Å². The molecule has 0 aliphatic heterocycles. The third-order valence-corrected chi connectivity index (χ3v) is 3.76. The van der Waals surface area contributed by atoms with Gasteiger partial charge in [0, 0.05) is 5.56 Å². The van der Waals surface area contributed by atoms with Crippen LogP contribution in [0.3, 0.4) is 0 Å². The standard InChI is InChI=1S/C19H26O4/c1-3-15(12-16-6-4-5-7-18(16)22)8-9-19(23)17(10-11-20)14(2)13-21/h4-7,10,12,19-23H,2-3,8-9,11,13H2,1H3/b15-12+,17-10-. The van der Waals surface area contributed by atoms with Crippen molar-refractivity contribution in [2.45, 2.75) is 32.3 Å². The average Bonchev–Trinajstić information content (AvgIpc) is 2.57. The lowest BCUT2D eigenvalue weighted by atomic mass is 9.95. The van der Waals surface area contributed by atoms with Crippen molar-refractivity contribution in [3.63, 3.8) is 0 Å². The van der Waals surface area contributed by atoms with E-state index in [1.807, 2.05) is 25.1 Å². The molecule has 0 heterocycles. The topological polar surface area (TPSA) is 80.9 Å². The van der Waals surface area contributed by atoms with Crippen molar-refractivity contribution >= 4 is 6.08 Å². The second kappa shape index (κ2) is 10.0. The van der Waals surface area contributed by atoms with Crippen LogP contribution >= 0.6 is 0 Å². The number of phenolic OH excluding ortho intramolecular Hbond substituents is 1. The zero-order valence-electron chi connectivity index (χ0n) is 13.6. The zero-order valence-corrected chi connectivity index (χ0v) is 13.6. The summed E-state index contributed by atoms with van der Waals surface area (Å²) in [5, 5.41) is 38.3. The third kappa shape index (κ3) is 6.02. The van der Waals surface area contributed by atoms with Gasteiger partial charge in [-0.1, -0.05) is 49.4 Å². The van der Waals surface area contributed by atoms with E-state index in [0.29, 0.717) is 24.0 Å². The van der Waals surface area contributed by atoms with E-state index in [9.17, 15) is 10.2 Å². The fourth-order valence-electron chi connectivity index (χ4n) is 2.36. The lowest BCUT2D eigenvalue weighted by molar-refractivity contribution is 0.197. The number of para-hydroxylation sites is 1. The first kappa shape index (κ1) is 19.2. The van der Waals surface area contributed by atoms with Crippen LogP contribution in [0, 0.1) is 0 Å². The summed E-state index contributed by atoms with van der Waals surface area (Å²) in [6.07, 6.45) is 4.52. The van der Waals surface area contributed by atoms with Gasteiger partial charge in [0.25, 0.3) is 0 Å². The van der Waals surface area contributed by atoms with Gasteiger partial charge in [0.1, 0.15) is 5.75 Å². The lowest BCUT2D eigenvalue weighted by Crippen LogP contribution is -2.14. The molecule has 0 aliphatic carbocycles. The fourth-order valence-corrected chi connectivity index (χ4v) is 2.36. The van der Waals surface area contributed by atoms with Crippen molar-refractivity contribution in [2.75, 3.05) is 13.2 Å². The van der Waals surface area contributed by atoms with Crippen LogP contribution in [0.15, 0.2) is 53.6 Å². The largest absolute Gasteiger partial charge is 0.507 e. The van der Waals surface area contributed by atoms with Crippen molar-refractivity contribution in [3.05, 3.63) is 59.2 Å². The predicted octanol–water partition coefficient (Wildman–Crippen LogP) is 2.79. The molecule has 4 nitrogen and oxygen atoms in total. The Morgan fingerprint density at radius 2 is 1.96 bits per heavy atom. The predicted molar refractivity (Wildman–Crippen MR) is 93.0 cm³/mol. The number of hydrogen-bond acceptors (Lipinski definition) is 4. The van der Waals surface area contributed by atoms with Gasteiger partial charge in [-0.3, -0.25) is 0 Å². The molecule has 0 saturated carbocycles. The lowest BCUT2D eigenvalue weighted by Gasteiger charge is -2.17. The fraction of sp³-hybridized carbons (Fsp3) is 0.368. The number of aromatic hydroxyl groups is 1. The van der Waals surface area contributed by atoms with Crippen molar-refractivity contribution in [2.24, 2.45) is 0 Å². The Morgan fingerprint density at radius 3 is 2.52 bits per heavy atom. The van der Waals surface area contributed by atoms with Crippen molar-refractivity contribution in [1.82, 2.24) is 0 Å². The molecule has 1 aromatic carbocycles. The molecule has 23 heavy (non-hydrogen) atoms. The summed E-state index contributed by atoms with van der Waals surface area (Å²) >= 11 is 0. The molecule has 0 radical (unpaired) electrons. The molecule has 1 unspecified atom stereocenters. The minimum absolute atomic E-state index is 0.209. The molecule has 0 saturated heterocycles. The Balaban J connectivity index is 2.79. The molecule has 0 bridgehead atoms. The summed E-state index contributed by atoms with van der Waals surface area (Å²) in [6, 6.07) is 7.11. The molecular weight excluding hydrogens is 292 g/mol. The van der Waals surface area contributed by atoms with Crippen LogP contribution in [-0.4, -0.2) is 39.7 Å². The zero-order chi connectivity index (χ0) is 17.2. The summed E-state index contributed by atoms with van der Waals surface area (Å²) in [6.45, 7) is 5.26. The van der Waals surface area contributed by atoms with E-state index in [1.165, 1.54) is 6.08 Å². The molecule has 0 aliphatic rings. The van der Waals surface area contributed by atoms with E-state index >= 15 is 0 Å². The molecule has 0 spiro atoms. The summed E-state index contributed by atoms with van der Waals surface area (Å²) < 4.78 is 0. The Labute approximate surface area is 137 Å². The van der Waals surface area contributed by atoms with Crippen LogP contribution in [0.2, 0.25) is 0 Å². The van der Waals surface area contributed by atoms with Gasteiger partial charge >= 0.3 is 0 Å². The number of aliphatic hydroxyl groups is 3. The number of phenols is 1. The van der Waals surface area contributed by atoms with Crippen LogP contribution in [0.4, 0.5) is 0 Å². The van der Waals surface area contributed by atoms with Crippen LogP contribution < -0.4 is 0 Å². The number of hydrogen-bond donors (Lipinski definition) is 4. The number of rotatable bonds is 9. The van der Waals surface area contributed by atoms with Gasteiger partial charge in [-0.05, 0) is 36.5 Å². The highest BCUT2D eigenvalue weighted by molar-refractivity contribution is 5.59. The minimum atomic E-state index is -0.791. The molecule has 4 N–H and O–H groups in total. The number of aliphatic hydroxyl groups excluding tert-OH is 3. The highest BCUT2D eigenvalue weighted by Gasteiger charge is 2.14. The van der Waals surface area contributed by atoms with E-state index in [2.05, 4.69) is 6.58 Å². The molecule has 1 aromatic rings. The molecule has 0 fully saturated rings. The summed E-state index contributed by atoms with van der Waals surface area (Å²) in [5.41, 5.74) is 2.75. The van der Waals surface area contributed by atoms with Gasteiger partial charge in [-0.15, -0.1) is 0 Å². The second-order valence-electron chi connectivity index (χ2n) is 5.37. The summed E-state index contributed by atoms with van der Waals surface area (Å²) in [5.74, 6) is 0.230. The number of benzene rings is 1. The maximum Gasteiger partial charge on any atom is 0.122 e. The van der Waals surface area contributed by atoms with Crippen LogP contribution in [0.1, 0.15) is 31.7 Å². The second-order valence-corrected chi connectivity index (χ2v) is 5.37. The van der Waals surface area contributed by atoms with E-state index in [4.69, 9.17) is 10.2 Å². The van der Waals surface area contributed by atoms with Gasteiger partial charge < -0.3 is 20.4 Å². The SMILES string of the molecule is C=C(CO)/C(=C/CO)C(O)CC/C(=C/c1ccccc1O)CC. The first-order valence-electron chi connectivity index (χ1n) is 7.78. The first-order chi connectivity index (χ1) is 11.0. The highest BCUT2D eigenvalue weighted by atomic mass is 16.3. The maximum atomic E-state index is 10.3. The molecule has 0 aromatic heterocycles. The van der Waals surface area contributed by atoms with Crippen LogP contribution in [0.5, 0.6) is 5.75 Å². The van der Waals surface area contributed by atoms with Crippen LogP contribution in [0.25, 0.3) is 6.08 Å². The van der Waals surface area contributed by atoms with E-state index in [1.54, 1.807) is 12.1 Å². The van der Waals surface area contributed by atoms with Crippen molar-refractivity contribution < 1.29 is 20.4 Å². The van der Waals surface area contributed by atoms with Crippen LogP contribution in [-0.2, 0) is 0 Å². The highest BCUT2D eigenvalue weighted by Crippen LogP contribution is 2.24. The minimum Gasteiger partial charge on any atom is -0.507 e. The normalized spacial score (nSPS) is 13.9. The maximum absolute atomic E-state index is 10.3. The Kier molecular flexibility index (Phi) is 8.33. The van der Waals surface area contributed by atoms with Crippen molar-refractivity contribution in [1.29, 1.82) is 0 Å². The van der Waals surface area contributed by atoms with Crippen molar-refractivity contribution in [3.8, 4) is 5.75 Å². The van der Waals surface area contributed by atoms with E-state index < -0.39 is 6.10 Å². The van der Waals surface area contributed by atoms with Gasteiger partial charge in [0.05, 0.1) is 19.3 Å². The molecule has 4 heteroatoms. The van der Waals surface area contributed by atoms with E-state index in [0.717, 1.165) is 17.6 Å². The Bertz CT molecular complexity index is 572. The first-order valence-corrected chi connectivity index (χ1v) is 7.78. The van der Waals surface area contributed by atoms with Gasteiger partial charge in [-0.2, -0.15) is 0 Å². The molecule has 1 rings (SSSR count). The van der Waals surface area contributed by atoms with E-state index in [-0.39, 0.29) is 19.0 Å². The Hall–Kier alpha value is -1.88. The van der Waals surface area contributed by atoms with Gasteiger partial charge in [0.15, 0.2) is 0 Å². The molecule has 0 amide bonds.